The van der Waals surface area contributed by atoms with Crippen molar-refractivity contribution in [1.82, 2.24) is 5.32 Å². The molecule has 0 aliphatic heterocycles. The lowest BCUT2D eigenvalue weighted by Gasteiger charge is -2.41. The van der Waals surface area contributed by atoms with Gasteiger partial charge in [0.05, 0.1) is 4.90 Å². The molecule has 0 bridgehead atoms. The lowest BCUT2D eigenvalue weighted by atomic mass is 9.73. The summed E-state index contributed by atoms with van der Waals surface area (Å²) >= 11 is 0. The Morgan fingerprint density at radius 1 is 1.33 bits per heavy atom. The SMILES string of the molecule is CC(NC1CCCCC1(C)C)c1cccc(S(N)(=O)=O)c1. The first-order valence-electron chi connectivity index (χ1n) is 7.59. The minimum Gasteiger partial charge on any atom is -0.307 e. The molecule has 1 aromatic rings. The summed E-state index contributed by atoms with van der Waals surface area (Å²) in [5.41, 5.74) is 1.24. The molecule has 0 spiro atoms. The maximum atomic E-state index is 11.5. The fourth-order valence-electron chi connectivity index (χ4n) is 3.16. The van der Waals surface area contributed by atoms with E-state index in [-0.39, 0.29) is 16.4 Å². The molecule has 118 valence electrons. The van der Waals surface area contributed by atoms with Gasteiger partial charge in [-0.1, -0.05) is 38.8 Å². The average molecular weight is 310 g/mol. The van der Waals surface area contributed by atoms with E-state index >= 15 is 0 Å². The molecule has 2 rings (SSSR count). The lowest BCUT2D eigenvalue weighted by molar-refractivity contribution is 0.157. The summed E-state index contributed by atoms with van der Waals surface area (Å²) in [6, 6.07) is 7.47. The molecule has 0 heterocycles. The number of nitrogens with one attached hydrogen (secondary N) is 1. The second kappa shape index (κ2) is 6.07. The number of primary sulfonamides is 1. The predicted octanol–water partition coefficient (Wildman–Crippen LogP) is 2.95. The van der Waals surface area contributed by atoms with Crippen molar-refractivity contribution in [2.75, 3.05) is 0 Å². The molecule has 4 nitrogen and oxygen atoms in total. The van der Waals surface area contributed by atoms with Crippen molar-refractivity contribution < 1.29 is 8.42 Å². The van der Waals surface area contributed by atoms with E-state index in [0.29, 0.717) is 6.04 Å². The molecule has 1 fully saturated rings. The van der Waals surface area contributed by atoms with Crippen LogP contribution >= 0.6 is 0 Å². The quantitative estimate of drug-likeness (QED) is 0.898. The molecule has 0 saturated heterocycles. The Labute approximate surface area is 128 Å². The van der Waals surface area contributed by atoms with Crippen molar-refractivity contribution in [2.24, 2.45) is 10.6 Å². The molecule has 0 amide bonds. The van der Waals surface area contributed by atoms with Gasteiger partial charge in [0.1, 0.15) is 0 Å². The standard InChI is InChI=1S/C16H26N2O2S/c1-12(18-15-9-4-5-10-16(15,2)3)13-7-6-8-14(11-13)21(17,19)20/h6-8,11-12,15,18H,4-5,9-10H2,1-3H3,(H2,17,19,20). The van der Waals surface area contributed by atoms with Gasteiger partial charge in [-0.15, -0.1) is 0 Å². The first-order chi connectivity index (χ1) is 9.70. The van der Waals surface area contributed by atoms with Crippen LogP contribution in [0.25, 0.3) is 0 Å². The van der Waals surface area contributed by atoms with Gasteiger partial charge in [0.2, 0.25) is 10.0 Å². The summed E-state index contributed by atoms with van der Waals surface area (Å²) in [6.45, 7) is 6.68. The Morgan fingerprint density at radius 2 is 2.05 bits per heavy atom. The number of hydrogen-bond acceptors (Lipinski definition) is 3. The Morgan fingerprint density at radius 3 is 2.67 bits per heavy atom. The van der Waals surface area contributed by atoms with E-state index in [1.807, 2.05) is 6.07 Å². The zero-order chi connectivity index (χ0) is 15.7. The fraction of sp³-hybridized carbons (Fsp3) is 0.625. The van der Waals surface area contributed by atoms with Crippen molar-refractivity contribution >= 4 is 10.0 Å². The minimum atomic E-state index is -3.64. The van der Waals surface area contributed by atoms with E-state index in [0.717, 1.165) is 5.56 Å². The van der Waals surface area contributed by atoms with E-state index < -0.39 is 10.0 Å². The van der Waals surface area contributed by atoms with Crippen molar-refractivity contribution in [3.05, 3.63) is 29.8 Å². The van der Waals surface area contributed by atoms with Crippen molar-refractivity contribution in [3.63, 3.8) is 0 Å². The van der Waals surface area contributed by atoms with Crippen LogP contribution < -0.4 is 10.5 Å². The van der Waals surface area contributed by atoms with Gasteiger partial charge in [0, 0.05) is 12.1 Å². The van der Waals surface area contributed by atoms with Crippen LogP contribution in [0.2, 0.25) is 0 Å². The van der Waals surface area contributed by atoms with Crippen LogP contribution in [0.4, 0.5) is 0 Å². The van der Waals surface area contributed by atoms with E-state index in [4.69, 9.17) is 5.14 Å². The normalized spacial score (nSPS) is 23.7. The Kier molecular flexibility index (Phi) is 4.76. The largest absolute Gasteiger partial charge is 0.307 e. The van der Waals surface area contributed by atoms with Crippen LogP contribution in [-0.4, -0.2) is 14.5 Å². The smallest absolute Gasteiger partial charge is 0.238 e. The molecule has 3 N–H and O–H groups in total. The van der Waals surface area contributed by atoms with Gasteiger partial charge in [-0.05, 0) is 42.9 Å². The lowest BCUT2D eigenvalue weighted by Crippen LogP contribution is -2.45. The summed E-state index contributed by atoms with van der Waals surface area (Å²) in [5, 5.41) is 8.87. The highest BCUT2D eigenvalue weighted by Crippen LogP contribution is 2.36. The van der Waals surface area contributed by atoms with Crippen LogP contribution in [0.1, 0.15) is 58.1 Å². The summed E-state index contributed by atoms with van der Waals surface area (Å²) in [4.78, 5) is 0.177. The van der Waals surface area contributed by atoms with Crippen molar-refractivity contribution in [3.8, 4) is 0 Å². The highest BCUT2D eigenvalue weighted by Gasteiger charge is 2.32. The maximum Gasteiger partial charge on any atom is 0.238 e. The number of rotatable bonds is 4. The Bertz CT molecular complexity index is 596. The molecular formula is C16H26N2O2S. The van der Waals surface area contributed by atoms with Crippen LogP contribution in [0, 0.1) is 5.41 Å². The monoisotopic (exact) mass is 310 g/mol. The van der Waals surface area contributed by atoms with Crippen molar-refractivity contribution in [1.29, 1.82) is 0 Å². The molecule has 1 aliphatic rings. The second-order valence-electron chi connectivity index (χ2n) is 6.79. The summed E-state index contributed by atoms with van der Waals surface area (Å²) in [7, 11) is -3.64. The molecule has 5 heteroatoms. The van der Waals surface area contributed by atoms with Crippen LogP contribution in [0.15, 0.2) is 29.2 Å². The van der Waals surface area contributed by atoms with E-state index in [1.165, 1.54) is 31.7 Å². The molecule has 1 saturated carbocycles. The first kappa shape index (κ1) is 16.5. The zero-order valence-electron chi connectivity index (χ0n) is 13.1. The third-order valence-electron chi connectivity index (χ3n) is 4.65. The van der Waals surface area contributed by atoms with Crippen LogP contribution in [-0.2, 0) is 10.0 Å². The van der Waals surface area contributed by atoms with Gasteiger partial charge in [-0.2, -0.15) is 0 Å². The Balaban J connectivity index is 2.15. The first-order valence-corrected chi connectivity index (χ1v) is 9.13. The number of sulfonamides is 1. The summed E-state index contributed by atoms with van der Waals surface area (Å²) in [5.74, 6) is 0. The molecule has 21 heavy (non-hydrogen) atoms. The zero-order valence-corrected chi connectivity index (χ0v) is 13.9. The van der Waals surface area contributed by atoms with Gasteiger partial charge >= 0.3 is 0 Å². The molecular weight excluding hydrogens is 284 g/mol. The van der Waals surface area contributed by atoms with Crippen molar-refractivity contribution in [2.45, 2.75) is 63.4 Å². The number of nitrogens with two attached hydrogens (primary N) is 1. The number of hydrogen-bond donors (Lipinski definition) is 2. The average Bonchev–Trinajstić information content (AvgIpc) is 2.40. The molecule has 2 atom stereocenters. The highest BCUT2D eigenvalue weighted by atomic mass is 32.2. The maximum absolute atomic E-state index is 11.5. The topological polar surface area (TPSA) is 72.2 Å². The van der Waals surface area contributed by atoms with Gasteiger partial charge in [0.25, 0.3) is 0 Å². The van der Waals surface area contributed by atoms with E-state index in [1.54, 1.807) is 12.1 Å². The van der Waals surface area contributed by atoms with Gasteiger partial charge in [0.15, 0.2) is 0 Å². The highest BCUT2D eigenvalue weighted by molar-refractivity contribution is 7.89. The Hall–Kier alpha value is -0.910. The minimum absolute atomic E-state index is 0.106. The molecule has 2 unspecified atom stereocenters. The molecule has 0 radical (unpaired) electrons. The summed E-state index contributed by atoms with van der Waals surface area (Å²) in [6.07, 6.45) is 4.95. The molecule has 1 aliphatic carbocycles. The van der Waals surface area contributed by atoms with Gasteiger partial charge < -0.3 is 5.32 Å². The summed E-state index contributed by atoms with van der Waals surface area (Å²) < 4.78 is 22.9. The molecule has 0 aromatic heterocycles. The van der Waals surface area contributed by atoms with E-state index in [2.05, 4.69) is 26.1 Å². The van der Waals surface area contributed by atoms with Gasteiger partial charge in [-0.25, -0.2) is 13.6 Å². The fourth-order valence-corrected chi connectivity index (χ4v) is 3.73. The van der Waals surface area contributed by atoms with Gasteiger partial charge in [-0.3, -0.25) is 0 Å². The van der Waals surface area contributed by atoms with E-state index in [9.17, 15) is 8.42 Å². The third kappa shape index (κ3) is 4.05. The predicted molar refractivity (Wildman–Crippen MR) is 85.4 cm³/mol. The third-order valence-corrected chi connectivity index (χ3v) is 5.56. The second-order valence-corrected chi connectivity index (χ2v) is 8.35. The van der Waals surface area contributed by atoms with Crippen LogP contribution in [0.5, 0.6) is 0 Å². The molecule has 1 aromatic carbocycles. The number of benzene rings is 1. The van der Waals surface area contributed by atoms with Crippen LogP contribution in [0.3, 0.4) is 0 Å².